The Morgan fingerprint density at radius 3 is 1.93 bits per heavy atom. The summed E-state index contributed by atoms with van der Waals surface area (Å²) in [7, 11) is 4.55. The van der Waals surface area contributed by atoms with Gasteiger partial charge in [0.1, 0.15) is 0 Å². The van der Waals surface area contributed by atoms with Crippen LogP contribution in [0.2, 0.25) is 0 Å². The Hall–Kier alpha value is -3.67. The Morgan fingerprint density at radius 1 is 0.793 bits per heavy atom. The van der Waals surface area contributed by atoms with Gasteiger partial charge in [0.25, 0.3) is 5.91 Å². The second kappa shape index (κ2) is 9.01. The Bertz CT molecular complexity index is 975. The molecule has 0 unspecified atom stereocenters. The molecule has 0 fully saturated rings. The number of hydrogen-bond acceptors (Lipinski definition) is 5. The van der Waals surface area contributed by atoms with E-state index in [4.69, 9.17) is 14.2 Å². The van der Waals surface area contributed by atoms with Gasteiger partial charge >= 0.3 is 0 Å². The van der Waals surface area contributed by atoms with E-state index in [-0.39, 0.29) is 5.91 Å². The number of amides is 1. The molecule has 0 atom stereocenters. The van der Waals surface area contributed by atoms with Gasteiger partial charge in [-0.15, -0.1) is 0 Å². The van der Waals surface area contributed by atoms with Gasteiger partial charge in [-0.05, 0) is 55.0 Å². The fraction of sp³-hybridized carbons (Fsp3) is 0.174. The molecule has 6 heteroatoms. The number of para-hydroxylation sites is 1. The van der Waals surface area contributed by atoms with E-state index >= 15 is 0 Å². The van der Waals surface area contributed by atoms with Crippen molar-refractivity contribution in [3.63, 3.8) is 0 Å². The molecular weight excluding hydrogens is 368 g/mol. The Labute approximate surface area is 170 Å². The van der Waals surface area contributed by atoms with Crippen LogP contribution in [0.4, 0.5) is 17.1 Å². The Balaban J connectivity index is 1.75. The third-order valence-corrected chi connectivity index (χ3v) is 4.49. The molecule has 3 aromatic carbocycles. The van der Waals surface area contributed by atoms with E-state index in [1.54, 1.807) is 12.1 Å². The number of carbonyl (C=O) groups excluding carboxylic acids is 1. The average molecular weight is 392 g/mol. The highest BCUT2D eigenvalue weighted by Gasteiger charge is 2.17. The number of anilines is 3. The number of rotatable bonds is 7. The van der Waals surface area contributed by atoms with E-state index in [2.05, 4.69) is 10.6 Å². The maximum atomic E-state index is 12.7. The standard InChI is InChI=1S/C23H24N2O4/c1-15-7-5-6-8-19(15)24-17-9-11-18(12-10-17)25-23(26)16-13-20(27-2)22(29-4)21(14-16)28-3/h5-14,24H,1-4H3,(H,25,26). The van der Waals surface area contributed by atoms with Crippen LogP contribution in [0.25, 0.3) is 0 Å². The summed E-state index contributed by atoms with van der Waals surface area (Å²) in [5.41, 5.74) is 4.22. The minimum atomic E-state index is -0.274. The van der Waals surface area contributed by atoms with Crippen LogP contribution < -0.4 is 24.8 Å². The molecule has 150 valence electrons. The highest BCUT2D eigenvalue weighted by Crippen LogP contribution is 2.38. The largest absolute Gasteiger partial charge is 0.493 e. The van der Waals surface area contributed by atoms with Crippen LogP contribution in [-0.2, 0) is 0 Å². The average Bonchev–Trinajstić information content (AvgIpc) is 2.75. The van der Waals surface area contributed by atoms with Crippen molar-refractivity contribution in [2.45, 2.75) is 6.92 Å². The zero-order valence-electron chi connectivity index (χ0n) is 16.9. The fourth-order valence-corrected chi connectivity index (χ4v) is 2.92. The van der Waals surface area contributed by atoms with Gasteiger partial charge in [-0.2, -0.15) is 0 Å². The van der Waals surface area contributed by atoms with Crippen LogP contribution >= 0.6 is 0 Å². The summed E-state index contributed by atoms with van der Waals surface area (Å²) in [6.45, 7) is 2.05. The molecule has 0 aliphatic rings. The summed E-state index contributed by atoms with van der Waals surface area (Å²) in [5, 5.41) is 6.25. The maximum Gasteiger partial charge on any atom is 0.255 e. The van der Waals surface area contributed by atoms with E-state index in [1.807, 2.05) is 55.5 Å². The number of nitrogens with one attached hydrogen (secondary N) is 2. The van der Waals surface area contributed by atoms with Crippen LogP contribution in [0.3, 0.4) is 0 Å². The van der Waals surface area contributed by atoms with Gasteiger partial charge in [0.15, 0.2) is 11.5 Å². The lowest BCUT2D eigenvalue weighted by molar-refractivity contribution is 0.102. The van der Waals surface area contributed by atoms with Gasteiger partial charge in [-0.25, -0.2) is 0 Å². The lowest BCUT2D eigenvalue weighted by Gasteiger charge is -2.14. The molecule has 0 aliphatic carbocycles. The normalized spacial score (nSPS) is 10.2. The van der Waals surface area contributed by atoms with Crippen LogP contribution in [0, 0.1) is 6.92 Å². The van der Waals surface area contributed by atoms with E-state index < -0.39 is 0 Å². The number of carbonyl (C=O) groups is 1. The highest BCUT2D eigenvalue weighted by molar-refractivity contribution is 6.05. The zero-order valence-corrected chi connectivity index (χ0v) is 16.9. The molecule has 3 rings (SSSR count). The summed E-state index contributed by atoms with van der Waals surface area (Å²) < 4.78 is 15.9. The molecule has 0 saturated heterocycles. The predicted octanol–water partition coefficient (Wildman–Crippen LogP) is 5.02. The smallest absolute Gasteiger partial charge is 0.255 e. The van der Waals surface area contributed by atoms with E-state index in [0.717, 1.165) is 16.9 Å². The maximum absolute atomic E-state index is 12.7. The lowest BCUT2D eigenvalue weighted by Crippen LogP contribution is -2.12. The van der Waals surface area contributed by atoms with Crippen LogP contribution in [0.15, 0.2) is 60.7 Å². The van der Waals surface area contributed by atoms with Crippen LogP contribution in [0.1, 0.15) is 15.9 Å². The minimum Gasteiger partial charge on any atom is -0.493 e. The van der Waals surface area contributed by atoms with Gasteiger partial charge in [-0.3, -0.25) is 4.79 Å². The molecule has 6 nitrogen and oxygen atoms in total. The van der Waals surface area contributed by atoms with Gasteiger partial charge in [-0.1, -0.05) is 18.2 Å². The van der Waals surface area contributed by atoms with Crippen LogP contribution in [0.5, 0.6) is 17.2 Å². The second-order valence-electron chi connectivity index (χ2n) is 6.39. The quantitative estimate of drug-likeness (QED) is 0.591. The second-order valence-corrected chi connectivity index (χ2v) is 6.39. The molecule has 0 spiro atoms. The first-order valence-electron chi connectivity index (χ1n) is 9.09. The van der Waals surface area contributed by atoms with Gasteiger partial charge in [0, 0.05) is 22.6 Å². The molecule has 0 saturated carbocycles. The molecule has 1 amide bonds. The van der Waals surface area contributed by atoms with Gasteiger partial charge in [0.05, 0.1) is 21.3 Å². The molecule has 0 aromatic heterocycles. The Kier molecular flexibility index (Phi) is 6.24. The van der Waals surface area contributed by atoms with Crippen molar-refractivity contribution in [2.75, 3.05) is 32.0 Å². The first-order chi connectivity index (χ1) is 14.0. The van der Waals surface area contributed by atoms with Crippen molar-refractivity contribution in [3.8, 4) is 17.2 Å². The number of ether oxygens (including phenoxy) is 3. The first kappa shape index (κ1) is 20.1. The van der Waals surface area contributed by atoms with Gasteiger partial charge < -0.3 is 24.8 Å². The molecule has 0 aliphatic heterocycles. The highest BCUT2D eigenvalue weighted by atomic mass is 16.5. The van der Waals surface area contributed by atoms with E-state index in [9.17, 15) is 4.79 Å². The molecule has 3 aromatic rings. The van der Waals surface area contributed by atoms with Crippen molar-refractivity contribution in [2.24, 2.45) is 0 Å². The molecule has 0 heterocycles. The first-order valence-corrected chi connectivity index (χ1v) is 9.09. The SMILES string of the molecule is COc1cc(C(=O)Nc2ccc(Nc3ccccc3C)cc2)cc(OC)c1OC. The third kappa shape index (κ3) is 4.60. The fourth-order valence-electron chi connectivity index (χ4n) is 2.92. The summed E-state index contributed by atoms with van der Waals surface area (Å²) in [4.78, 5) is 12.7. The number of aryl methyl sites for hydroxylation is 1. The van der Waals surface area contributed by atoms with Crippen molar-refractivity contribution < 1.29 is 19.0 Å². The monoisotopic (exact) mass is 392 g/mol. The van der Waals surface area contributed by atoms with Crippen LogP contribution in [-0.4, -0.2) is 27.2 Å². The molecule has 0 bridgehead atoms. The lowest BCUT2D eigenvalue weighted by atomic mass is 10.1. The number of hydrogen-bond donors (Lipinski definition) is 2. The summed E-state index contributed by atoms with van der Waals surface area (Å²) >= 11 is 0. The summed E-state index contributed by atoms with van der Waals surface area (Å²) in [6, 6.07) is 18.8. The van der Waals surface area contributed by atoms with Crippen molar-refractivity contribution in [3.05, 3.63) is 71.8 Å². The van der Waals surface area contributed by atoms with Crippen molar-refractivity contribution in [1.29, 1.82) is 0 Å². The molecular formula is C23H24N2O4. The van der Waals surface area contributed by atoms with Crippen molar-refractivity contribution in [1.82, 2.24) is 0 Å². The number of benzene rings is 3. The summed E-state index contributed by atoms with van der Waals surface area (Å²) in [5.74, 6) is 1.02. The third-order valence-electron chi connectivity index (χ3n) is 4.49. The molecule has 0 radical (unpaired) electrons. The zero-order chi connectivity index (χ0) is 20.8. The van der Waals surface area contributed by atoms with Gasteiger partial charge in [0.2, 0.25) is 5.75 Å². The Morgan fingerprint density at radius 2 is 1.38 bits per heavy atom. The predicted molar refractivity (Wildman–Crippen MR) is 115 cm³/mol. The van der Waals surface area contributed by atoms with Crippen molar-refractivity contribution >= 4 is 23.0 Å². The molecule has 2 N–H and O–H groups in total. The van der Waals surface area contributed by atoms with E-state index in [0.29, 0.717) is 28.5 Å². The summed E-state index contributed by atoms with van der Waals surface area (Å²) in [6.07, 6.45) is 0. The minimum absolute atomic E-state index is 0.274. The molecule has 29 heavy (non-hydrogen) atoms. The topological polar surface area (TPSA) is 68.8 Å². The van der Waals surface area contributed by atoms with E-state index in [1.165, 1.54) is 21.3 Å². The number of methoxy groups -OCH3 is 3.